The van der Waals surface area contributed by atoms with E-state index in [1.54, 1.807) is 0 Å². The fraction of sp³-hybridized carbons (Fsp3) is 0.125. The molecule has 0 aliphatic carbocycles. The van der Waals surface area contributed by atoms with Crippen LogP contribution in [0.15, 0.2) is 47.4 Å². The number of sulfonamides is 1. The summed E-state index contributed by atoms with van der Waals surface area (Å²) < 4.78 is 44.8. The van der Waals surface area contributed by atoms with Gasteiger partial charge in [-0.2, -0.15) is 0 Å². The average Bonchev–Trinajstić information content (AvgIpc) is 2.56. The molecule has 0 aromatic heterocycles. The van der Waals surface area contributed by atoms with Gasteiger partial charge in [0.1, 0.15) is 5.82 Å². The van der Waals surface area contributed by atoms with Crippen LogP contribution < -0.4 is 10.5 Å². The molecule has 0 aliphatic heterocycles. The minimum atomic E-state index is -4.07. The minimum absolute atomic E-state index is 0.0626. The smallest absolute Gasteiger partial charge is 0.340 e. The van der Waals surface area contributed by atoms with Crippen LogP contribution in [0.4, 0.5) is 10.1 Å². The van der Waals surface area contributed by atoms with Gasteiger partial charge in [0.25, 0.3) is 15.9 Å². The maximum atomic E-state index is 12.9. The van der Waals surface area contributed by atoms with E-state index in [1.807, 2.05) is 0 Å². The van der Waals surface area contributed by atoms with Gasteiger partial charge in [0, 0.05) is 5.69 Å². The molecule has 0 saturated heterocycles. The lowest BCUT2D eigenvalue weighted by atomic mass is 10.2. The van der Waals surface area contributed by atoms with Crippen molar-refractivity contribution in [3.63, 3.8) is 0 Å². The Morgan fingerprint density at radius 3 is 2.38 bits per heavy atom. The molecule has 2 aromatic rings. The summed E-state index contributed by atoms with van der Waals surface area (Å²) in [5.74, 6) is -2.38. The number of ether oxygens (including phenoxy) is 1. The largest absolute Gasteiger partial charge is 0.449 e. The fourth-order valence-corrected chi connectivity index (χ4v) is 3.12. The maximum absolute atomic E-state index is 12.9. The molecule has 1 atom stereocenters. The number of carbonyl (C=O) groups excluding carboxylic acids is 2. The number of hydrogen-bond donors (Lipinski definition) is 2. The number of esters is 1. The van der Waals surface area contributed by atoms with Crippen LogP contribution in [0.5, 0.6) is 0 Å². The highest BCUT2D eigenvalue weighted by atomic mass is 35.5. The quantitative estimate of drug-likeness (QED) is 0.722. The van der Waals surface area contributed by atoms with Gasteiger partial charge in [-0.25, -0.2) is 17.6 Å². The van der Waals surface area contributed by atoms with E-state index in [1.165, 1.54) is 31.2 Å². The number of carbonyl (C=O) groups is 2. The summed E-state index contributed by atoms with van der Waals surface area (Å²) in [6.45, 7) is 1.27. The first kappa shape index (κ1) is 19.7. The Kier molecular flexibility index (Phi) is 5.83. The Hall–Kier alpha value is -2.65. The molecule has 0 fully saturated rings. The van der Waals surface area contributed by atoms with Crippen molar-refractivity contribution in [1.82, 2.24) is 0 Å². The van der Waals surface area contributed by atoms with Crippen molar-refractivity contribution in [2.24, 2.45) is 5.73 Å². The molecule has 0 unspecified atom stereocenters. The lowest BCUT2D eigenvalue weighted by molar-refractivity contribution is -0.125. The summed E-state index contributed by atoms with van der Waals surface area (Å²) in [6.07, 6.45) is -1.21. The average molecular weight is 401 g/mol. The van der Waals surface area contributed by atoms with Gasteiger partial charge in [0.2, 0.25) is 0 Å². The third-order valence-corrected chi connectivity index (χ3v) is 4.96. The molecule has 3 N–H and O–H groups in total. The molecule has 7 nitrogen and oxygen atoms in total. The third-order valence-electron chi connectivity index (χ3n) is 3.25. The molecule has 0 spiro atoms. The Labute approximate surface area is 154 Å². The number of nitrogens with two attached hydrogens (primary N) is 1. The topological polar surface area (TPSA) is 116 Å². The number of halogens is 2. The molecule has 2 rings (SSSR count). The van der Waals surface area contributed by atoms with Crippen LogP contribution in [-0.2, 0) is 19.6 Å². The Balaban J connectivity index is 2.31. The summed E-state index contributed by atoms with van der Waals surface area (Å²) in [4.78, 5) is 22.8. The van der Waals surface area contributed by atoms with E-state index in [4.69, 9.17) is 22.1 Å². The summed E-state index contributed by atoms with van der Waals surface area (Å²) in [6, 6.07) is 8.06. The van der Waals surface area contributed by atoms with Gasteiger partial charge >= 0.3 is 5.97 Å². The predicted octanol–water partition coefficient (Wildman–Crippen LogP) is 2.31. The highest BCUT2D eigenvalue weighted by Crippen LogP contribution is 2.23. The van der Waals surface area contributed by atoms with Gasteiger partial charge in [-0.15, -0.1) is 0 Å². The zero-order valence-electron chi connectivity index (χ0n) is 13.4. The van der Waals surface area contributed by atoms with Crippen molar-refractivity contribution < 1.29 is 27.1 Å². The van der Waals surface area contributed by atoms with E-state index in [9.17, 15) is 22.4 Å². The van der Waals surface area contributed by atoms with Crippen molar-refractivity contribution in [3.05, 3.63) is 58.9 Å². The number of anilines is 1. The van der Waals surface area contributed by atoms with Crippen LogP contribution in [0.25, 0.3) is 0 Å². The van der Waals surface area contributed by atoms with Crippen molar-refractivity contribution in [2.75, 3.05) is 4.72 Å². The van der Waals surface area contributed by atoms with Crippen LogP contribution in [0.1, 0.15) is 17.3 Å². The number of amides is 1. The second kappa shape index (κ2) is 7.71. The molecule has 138 valence electrons. The molecule has 0 radical (unpaired) electrons. The Bertz CT molecular complexity index is 948. The van der Waals surface area contributed by atoms with Gasteiger partial charge in [-0.05, 0) is 49.4 Å². The molecule has 2 aromatic carbocycles. The Morgan fingerprint density at radius 2 is 1.81 bits per heavy atom. The number of rotatable bonds is 6. The number of hydrogen-bond acceptors (Lipinski definition) is 5. The first-order valence-electron chi connectivity index (χ1n) is 7.18. The molecule has 0 bridgehead atoms. The van der Waals surface area contributed by atoms with E-state index in [-0.39, 0.29) is 21.2 Å². The highest BCUT2D eigenvalue weighted by Gasteiger charge is 2.22. The second-order valence-electron chi connectivity index (χ2n) is 5.20. The SMILES string of the molecule is C[C@H](OC(=O)c1cc(S(=O)(=O)Nc2ccc(F)cc2)ccc1Cl)C(N)=O. The summed E-state index contributed by atoms with van der Waals surface area (Å²) in [5, 5.41) is -0.0626. The number of nitrogens with one attached hydrogen (secondary N) is 1. The van der Waals surface area contributed by atoms with Gasteiger partial charge in [-0.1, -0.05) is 11.6 Å². The van der Waals surface area contributed by atoms with Crippen molar-refractivity contribution >= 4 is 39.2 Å². The summed E-state index contributed by atoms with van der Waals surface area (Å²) in [5.41, 5.74) is 4.90. The zero-order chi connectivity index (χ0) is 19.5. The number of primary amides is 1. The van der Waals surface area contributed by atoms with Crippen LogP contribution in [-0.4, -0.2) is 26.4 Å². The van der Waals surface area contributed by atoms with E-state index in [0.29, 0.717) is 0 Å². The molecule has 0 saturated carbocycles. The summed E-state index contributed by atoms with van der Waals surface area (Å²) in [7, 11) is -4.07. The van der Waals surface area contributed by atoms with Crippen LogP contribution in [0, 0.1) is 5.82 Å². The minimum Gasteiger partial charge on any atom is -0.449 e. The van der Waals surface area contributed by atoms with Crippen LogP contribution in [0.3, 0.4) is 0 Å². The Morgan fingerprint density at radius 1 is 1.19 bits per heavy atom. The number of benzene rings is 2. The molecular weight excluding hydrogens is 387 g/mol. The van der Waals surface area contributed by atoms with E-state index >= 15 is 0 Å². The first-order chi connectivity index (χ1) is 12.1. The fourth-order valence-electron chi connectivity index (χ4n) is 1.84. The van der Waals surface area contributed by atoms with Crippen LogP contribution >= 0.6 is 11.6 Å². The van der Waals surface area contributed by atoms with Gasteiger partial charge in [-0.3, -0.25) is 9.52 Å². The molecule has 10 heteroatoms. The first-order valence-corrected chi connectivity index (χ1v) is 9.04. The van der Waals surface area contributed by atoms with Crippen molar-refractivity contribution in [1.29, 1.82) is 0 Å². The standard InChI is InChI=1S/C16H14ClFN2O5S/c1-9(15(19)21)25-16(22)13-8-12(6-7-14(13)17)26(23,24)20-11-4-2-10(18)3-5-11/h2-9,20H,1H3,(H2,19,21)/t9-/m0/s1. The van der Waals surface area contributed by atoms with Crippen LogP contribution in [0.2, 0.25) is 5.02 Å². The molecular formula is C16H14ClFN2O5S. The van der Waals surface area contributed by atoms with E-state index < -0.39 is 33.8 Å². The van der Waals surface area contributed by atoms with Crippen molar-refractivity contribution in [3.8, 4) is 0 Å². The van der Waals surface area contributed by atoms with Crippen molar-refractivity contribution in [2.45, 2.75) is 17.9 Å². The van der Waals surface area contributed by atoms with Gasteiger partial charge in [0.15, 0.2) is 6.10 Å². The predicted molar refractivity (Wildman–Crippen MR) is 92.7 cm³/mol. The molecule has 1 amide bonds. The van der Waals surface area contributed by atoms with Gasteiger partial charge in [0.05, 0.1) is 15.5 Å². The lowest BCUT2D eigenvalue weighted by Crippen LogP contribution is -2.30. The van der Waals surface area contributed by atoms with Gasteiger partial charge < -0.3 is 10.5 Å². The van der Waals surface area contributed by atoms with E-state index in [2.05, 4.69) is 4.72 Å². The zero-order valence-corrected chi connectivity index (χ0v) is 15.0. The molecule has 0 aliphatic rings. The lowest BCUT2D eigenvalue weighted by Gasteiger charge is -2.12. The summed E-state index contributed by atoms with van der Waals surface area (Å²) >= 11 is 5.91. The van der Waals surface area contributed by atoms with E-state index in [0.717, 1.165) is 18.2 Å². The second-order valence-corrected chi connectivity index (χ2v) is 7.29. The normalized spacial score (nSPS) is 12.3. The molecule has 26 heavy (non-hydrogen) atoms. The molecule has 0 heterocycles. The monoisotopic (exact) mass is 400 g/mol. The highest BCUT2D eigenvalue weighted by molar-refractivity contribution is 7.92. The third kappa shape index (κ3) is 4.70. The maximum Gasteiger partial charge on any atom is 0.340 e.